The van der Waals surface area contributed by atoms with E-state index < -0.39 is 0 Å². The van der Waals surface area contributed by atoms with Crippen LogP contribution in [0.25, 0.3) is 10.5 Å². The molecule has 0 amide bonds. The van der Waals surface area contributed by atoms with Gasteiger partial charge in [0.25, 0.3) is 0 Å². The number of hydrogen-bond donors (Lipinski definition) is 1. The molecule has 0 aliphatic heterocycles. The lowest BCUT2D eigenvalue weighted by atomic mass is 10.5. The van der Waals surface area contributed by atoms with Crippen LogP contribution >= 0.6 is 11.3 Å². The maximum absolute atomic E-state index is 4.36. The first-order chi connectivity index (χ1) is 6.83. The Kier molecular flexibility index (Phi) is 1.67. The Morgan fingerprint density at radius 2 is 2.21 bits per heavy atom. The molecule has 1 N–H and O–H groups in total. The van der Waals surface area contributed by atoms with Crippen molar-refractivity contribution in [3.05, 3.63) is 12.4 Å². The SMILES string of the molecule is C[C@@H]1C[C@H]1Nc1nc2nccnc2s1. The molecule has 2 aromatic rings. The predicted octanol–water partition coefficient (Wildman–Crippen LogP) is 1.91. The topological polar surface area (TPSA) is 50.7 Å². The summed E-state index contributed by atoms with van der Waals surface area (Å²) < 4.78 is 0. The van der Waals surface area contributed by atoms with Crippen LogP contribution in [-0.4, -0.2) is 21.0 Å². The molecule has 1 aliphatic carbocycles. The fourth-order valence-corrected chi connectivity index (χ4v) is 2.25. The molecule has 2 aromatic heterocycles. The Morgan fingerprint density at radius 3 is 2.93 bits per heavy atom. The molecule has 3 rings (SSSR count). The van der Waals surface area contributed by atoms with Gasteiger partial charge in [-0.05, 0) is 12.3 Å². The molecule has 0 spiro atoms. The predicted molar refractivity (Wildman–Crippen MR) is 56.4 cm³/mol. The van der Waals surface area contributed by atoms with Crippen LogP contribution in [0.15, 0.2) is 12.4 Å². The van der Waals surface area contributed by atoms with Crippen molar-refractivity contribution in [2.45, 2.75) is 19.4 Å². The fourth-order valence-electron chi connectivity index (χ4n) is 1.42. The molecule has 1 aliphatic rings. The summed E-state index contributed by atoms with van der Waals surface area (Å²) in [5, 5.41) is 4.33. The second kappa shape index (κ2) is 2.88. The minimum atomic E-state index is 0.607. The van der Waals surface area contributed by atoms with Gasteiger partial charge in [0.05, 0.1) is 0 Å². The van der Waals surface area contributed by atoms with Gasteiger partial charge in [-0.1, -0.05) is 18.3 Å². The molecule has 72 valence electrons. The number of nitrogens with one attached hydrogen (secondary N) is 1. The van der Waals surface area contributed by atoms with Crippen molar-refractivity contribution in [2.24, 2.45) is 5.92 Å². The summed E-state index contributed by atoms with van der Waals surface area (Å²) >= 11 is 1.57. The summed E-state index contributed by atoms with van der Waals surface area (Å²) in [7, 11) is 0. The van der Waals surface area contributed by atoms with Gasteiger partial charge in [-0.3, -0.25) is 0 Å². The minimum Gasteiger partial charge on any atom is -0.358 e. The van der Waals surface area contributed by atoms with Crippen molar-refractivity contribution in [3.8, 4) is 0 Å². The van der Waals surface area contributed by atoms with Gasteiger partial charge >= 0.3 is 0 Å². The Bertz CT molecular complexity index is 434. The lowest BCUT2D eigenvalue weighted by Gasteiger charge is -1.96. The monoisotopic (exact) mass is 206 g/mol. The molecular weight excluding hydrogens is 196 g/mol. The van der Waals surface area contributed by atoms with Gasteiger partial charge in [0.2, 0.25) is 0 Å². The number of thiazole rings is 1. The highest BCUT2D eigenvalue weighted by atomic mass is 32.1. The van der Waals surface area contributed by atoms with E-state index in [1.807, 2.05) is 0 Å². The normalized spacial score (nSPS) is 25.2. The van der Waals surface area contributed by atoms with E-state index >= 15 is 0 Å². The van der Waals surface area contributed by atoms with E-state index in [1.165, 1.54) is 6.42 Å². The van der Waals surface area contributed by atoms with Gasteiger partial charge in [0.15, 0.2) is 15.6 Å². The van der Waals surface area contributed by atoms with Crippen LogP contribution in [0, 0.1) is 5.92 Å². The van der Waals surface area contributed by atoms with Crippen LogP contribution < -0.4 is 5.32 Å². The van der Waals surface area contributed by atoms with Gasteiger partial charge in [0, 0.05) is 18.4 Å². The zero-order valence-electron chi connectivity index (χ0n) is 7.77. The Morgan fingerprint density at radius 1 is 1.43 bits per heavy atom. The second-order valence-electron chi connectivity index (χ2n) is 3.67. The number of fused-ring (bicyclic) bond motifs is 1. The van der Waals surface area contributed by atoms with Gasteiger partial charge in [-0.2, -0.15) is 4.98 Å². The molecule has 14 heavy (non-hydrogen) atoms. The Hall–Kier alpha value is -1.23. The lowest BCUT2D eigenvalue weighted by molar-refractivity contribution is 0.928. The first-order valence-electron chi connectivity index (χ1n) is 4.67. The summed E-state index contributed by atoms with van der Waals surface area (Å²) in [5.41, 5.74) is 0.744. The van der Waals surface area contributed by atoms with E-state index in [0.717, 1.165) is 21.5 Å². The zero-order valence-corrected chi connectivity index (χ0v) is 8.58. The van der Waals surface area contributed by atoms with Gasteiger partial charge in [-0.15, -0.1) is 0 Å². The smallest absolute Gasteiger partial charge is 0.191 e. The summed E-state index contributed by atoms with van der Waals surface area (Å²) in [6, 6.07) is 0.607. The van der Waals surface area contributed by atoms with E-state index in [0.29, 0.717) is 6.04 Å². The molecule has 0 bridgehead atoms. The Balaban J connectivity index is 1.90. The van der Waals surface area contributed by atoms with E-state index in [9.17, 15) is 0 Å². The van der Waals surface area contributed by atoms with Gasteiger partial charge < -0.3 is 5.32 Å². The third kappa shape index (κ3) is 1.33. The van der Waals surface area contributed by atoms with Crippen LogP contribution in [0.3, 0.4) is 0 Å². The molecule has 0 unspecified atom stereocenters. The molecular formula is C9H10N4S. The van der Waals surface area contributed by atoms with Crippen LogP contribution in [-0.2, 0) is 0 Å². The van der Waals surface area contributed by atoms with E-state index in [4.69, 9.17) is 0 Å². The maximum Gasteiger partial charge on any atom is 0.191 e. The third-order valence-corrected chi connectivity index (χ3v) is 3.35. The highest BCUT2D eigenvalue weighted by molar-refractivity contribution is 7.21. The van der Waals surface area contributed by atoms with Crippen LogP contribution in [0.2, 0.25) is 0 Å². The third-order valence-electron chi connectivity index (χ3n) is 2.47. The quantitative estimate of drug-likeness (QED) is 0.815. The minimum absolute atomic E-state index is 0.607. The van der Waals surface area contributed by atoms with Crippen molar-refractivity contribution >= 4 is 26.9 Å². The van der Waals surface area contributed by atoms with E-state index in [2.05, 4.69) is 27.2 Å². The second-order valence-corrected chi connectivity index (χ2v) is 4.65. The van der Waals surface area contributed by atoms with Crippen LogP contribution in [0.1, 0.15) is 13.3 Å². The van der Waals surface area contributed by atoms with Crippen LogP contribution in [0.4, 0.5) is 5.13 Å². The van der Waals surface area contributed by atoms with Gasteiger partial charge in [0.1, 0.15) is 0 Å². The summed E-state index contributed by atoms with van der Waals surface area (Å²) in [6.45, 7) is 2.24. The molecule has 2 heterocycles. The lowest BCUT2D eigenvalue weighted by Crippen LogP contribution is -2.02. The number of rotatable bonds is 2. The molecule has 1 saturated carbocycles. The highest BCUT2D eigenvalue weighted by Gasteiger charge is 2.33. The fraction of sp³-hybridized carbons (Fsp3) is 0.444. The van der Waals surface area contributed by atoms with Crippen molar-refractivity contribution in [1.29, 1.82) is 0 Å². The molecule has 4 nitrogen and oxygen atoms in total. The molecule has 5 heteroatoms. The molecule has 0 saturated heterocycles. The molecule has 1 fully saturated rings. The summed E-state index contributed by atoms with van der Waals surface area (Å²) in [4.78, 5) is 13.6. The average Bonchev–Trinajstić information content (AvgIpc) is 2.74. The summed E-state index contributed by atoms with van der Waals surface area (Å²) in [5.74, 6) is 0.780. The van der Waals surface area contributed by atoms with Crippen molar-refractivity contribution in [3.63, 3.8) is 0 Å². The first kappa shape index (κ1) is 8.11. The molecule has 0 radical (unpaired) electrons. The zero-order chi connectivity index (χ0) is 9.54. The first-order valence-corrected chi connectivity index (χ1v) is 5.48. The van der Waals surface area contributed by atoms with Crippen LogP contribution in [0.5, 0.6) is 0 Å². The summed E-state index contributed by atoms with van der Waals surface area (Å²) in [6.07, 6.45) is 4.62. The highest BCUT2D eigenvalue weighted by Crippen LogP contribution is 2.34. The number of anilines is 1. The number of nitrogens with zero attached hydrogens (tertiary/aromatic N) is 3. The average molecular weight is 206 g/mol. The number of hydrogen-bond acceptors (Lipinski definition) is 5. The Labute approximate surface area is 85.4 Å². The van der Waals surface area contributed by atoms with Crippen molar-refractivity contribution in [2.75, 3.05) is 5.32 Å². The van der Waals surface area contributed by atoms with Gasteiger partial charge in [-0.25, -0.2) is 9.97 Å². The standard InChI is InChI=1S/C9H10N4S/c1-5-4-6(5)12-9-13-7-8(14-9)11-3-2-10-7/h2-3,5-6H,4H2,1H3,(H,10,12,13)/t5-,6-/m1/s1. The van der Waals surface area contributed by atoms with Crippen molar-refractivity contribution in [1.82, 2.24) is 15.0 Å². The van der Waals surface area contributed by atoms with E-state index in [1.54, 1.807) is 23.7 Å². The molecule has 0 aromatic carbocycles. The number of aromatic nitrogens is 3. The molecule has 2 atom stereocenters. The van der Waals surface area contributed by atoms with Crippen molar-refractivity contribution < 1.29 is 0 Å². The maximum atomic E-state index is 4.36. The van der Waals surface area contributed by atoms with E-state index in [-0.39, 0.29) is 0 Å². The largest absolute Gasteiger partial charge is 0.358 e.